The number of fused-ring (bicyclic) bond motifs is 8. The molecule has 2 heterocycles. The number of anilines is 3. The molecule has 10 aromatic rings. The van der Waals surface area contributed by atoms with Crippen molar-refractivity contribution in [3.8, 4) is 22.3 Å². The number of hydrogen-bond acceptors (Lipinski definition) is 3. The quantitative estimate of drug-likeness (QED) is 0.186. The molecular formula is C46H29NOS. The number of rotatable bonds is 5. The standard InChI is InChI=1S/C46H29NOS/c1-2-11-31(12-3-1)35-14-6-8-17-40(35)47(41-18-10-19-42-45(41)38-27-23-32-13-4-5-15-36(32)46(38)48-42)34-25-21-30(22-26-34)33-24-28-44-39(29-33)37-16-7-9-20-43(37)49-44/h1-29H. The lowest BCUT2D eigenvalue weighted by Crippen LogP contribution is -2.11. The summed E-state index contributed by atoms with van der Waals surface area (Å²) in [4.78, 5) is 2.40. The molecule has 3 heteroatoms. The van der Waals surface area contributed by atoms with Crippen molar-refractivity contribution in [1.82, 2.24) is 0 Å². The van der Waals surface area contributed by atoms with Gasteiger partial charge in [0.25, 0.3) is 0 Å². The fourth-order valence-corrected chi connectivity index (χ4v) is 8.45. The number of furan rings is 1. The first-order chi connectivity index (χ1) is 24.3. The Hall–Kier alpha value is -6.16. The summed E-state index contributed by atoms with van der Waals surface area (Å²) in [5.74, 6) is 0. The largest absolute Gasteiger partial charge is 0.455 e. The van der Waals surface area contributed by atoms with Crippen LogP contribution in [0.5, 0.6) is 0 Å². The van der Waals surface area contributed by atoms with Crippen LogP contribution in [0.15, 0.2) is 180 Å². The number of thiophene rings is 1. The Morgan fingerprint density at radius 1 is 0.429 bits per heavy atom. The number of benzene rings is 8. The molecule has 0 amide bonds. The molecule has 0 aliphatic heterocycles. The van der Waals surface area contributed by atoms with E-state index in [9.17, 15) is 0 Å². The molecule has 0 radical (unpaired) electrons. The molecule has 2 aromatic heterocycles. The third kappa shape index (κ3) is 4.55. The van der Waals surface area contributed by atoms with Crippen molar-refractivity contribution in [2.45, 2.75) is 0 Å². The summed E-state index contributed by atoms with van der Waals surface area (Å²) in [5.41, 5.74) is 9.80. The van der Waals surface area contributed by atoms with E-state index < -0.39 is 0 Å². The minimum Gasteiger partial charge on any atom is -0.455 e. The van der Waals surface area contributed by atoms with Gasteiger partial charge in [0.15, 0.2) is 0 Å². The monoisotopic (exact) mass is 643 g/mol. The Kier molecular flexibility index (Phi) is 6.39. The van der Waals surface area contributed by atoms with Gasteiger partial charge in [0.05, 0.1) is 16.8 Å². The molecule has 0 aliphatic carbocycles. The number of hydrogen-bond donors (Lipinski definition) is 0. The Bertz CT molecular complexity index is 2830. The van der Waals surface area contributed by atoms with Crippen molar-refractivity contribution in [2.24, 2.45) is 0 Å². The normalized spacial score (nSPS) is 11.7. The smallest absolute Gasteiger partial charge is 0.143 e. The van der Waals surface area contributed by atoms with Gasteiger partial charge in [-0.1, -0.05) is 121 Å². The Labute approximate surface area is 287 Å². The van der Waals surface area contributed by atoms with Crippen LogP contribution in [0.25, 0.3) is 75.1 Å². The zero-order valence-corrected chi connectivity index (χ0v) is 27.3. The maximum atomic E-state index is 6.65. The predicted octanol–water partition coefficient (Wildman–Crippen LogP) is 13.9. The van der Waals surface area contributed by atoms with E-state index in [2.05, 4.69) is 181 Å². The van der Waals surface area contributed by atoms with Crippen molar-refractivity contribution in [3.05, 3.63) is 176 Å². The first-order valence-electron chi connectivity index (χ1n) is 16.6. The van der Waals surface area contributed by atoms with Crippen LogP contribution in [0, 0.1) is 0 Å². The van der Waals surface area contributed by atoms with E-state index in [0.29, 0.717) is 0 Å². The van der Waals surface area contributed by atoms with E-state index in [-0.39, 0.29) is 0 Å². The van der Waals surface area contributed by atoms with Crippen LogP contribution in [0.2, 0.25) is 0 Å². The second-order valence-electron chi connectivity index (χ2n) is 12.5. The Morgan fingerprint density at radius 2 is 1.14 bits per heavy atom. The third-order valence-corrected chi connectivity index (χ3v) is 10.8. The van der Waals surface area contributed by atoms with Crippen LogP contribution in [-0.4, -0.2) is 0 Å². The molecular weight excluding hydrogens is 615 g/mol. The van der Waals surface area contributed by atoms with Crippen LogP contribution in [0.1, 0.15) is 0 Å². The topological polar surface area (TPSA) is 16.4 Å². The lowest BCUT2D eigenvalue weighted by molar-refractivity contribution is 0.672. The first-order valence-corrected chi connectivity index (χ1v) is 17.4. The number of nitrogens with zero attached hydrogens (tertiary/aromatic N) is 1. The van der Waals surface area contributed by atoms with Gasteiger partial charge in [-0.15, -0.1) is 11.3 Å². The van der Waals surface area contributed by atoms with E-state index in [4.69, 9.17) is 4.42 Å². The van der Waals surface area contributed by atoms with Crippen LogP contribution in [0.3, 0.4) is 0 Å². The van der Waals surface area contributed by atoms with E-state index >= 15 is 0 Å². The van der Waals surface area contributed by atoms with E-state index in [0.717, 1.165) is 50.0 Å². The summed E-state index contributed by atoms with van der Waals surface area (Å²) in [7, 11) is 0. The molecule has 2 nitrogen and oxygen atoms in total. The molecule has 0 aliphatic rings. The molecule has 230 valence electrons. The van der Waals surface area contributed by atoms with Gasteiger partial charge in [0, 0.05) is 42.2 Å². The average Bonchev–Trinajstić information content (AvgIpc) is 3.75. The zero-order valence-electron chi connectivity index (χ0n) is 26.5. The second kappa shape index (κ2) is 11.2. The molecule has 0 atom stereocenters. The first kappa shape index (κ1) is 27.9. The highest BCUT2D eigenvalue weighted by atomic mass is 32.1. The SMILES string of the molecule is c1ccc(-c2ccccc2N(c2ccc(-c3ccc4sc5ccccc5c4c3)cc2)c2cccc3oc4c5ccccc5ccc4c23)cc1. The Balaban J connectivity index is 1.18. The van der Waals surface area contributed by atoms with Crippen molar-refractivity contribution in [3.63, 3.8) is 0 Å². The lowest BCUT2D eigenvalue weighted by atomic mass is 9.99. The van der Waals surface area contributed by atoms with Crippen LogP contribution < -0.4 is 4.90 Å². The van der Waals surface area contributed by atoms with Crippen molar-refractivity contribution in [1.29, 1.82) is 0 Å². The predicted molar refractivity (Wildman–Crippen MR) is 210 cm³/mol. The molecule has 0 N–H and O–H groups in total. The van der Waals surface area contributed by atoms with Gasteiger partial charge in [0.1, 0.15) is 11.2 Å². The summed E-state index contributed by atoms with van der Waals surface area (Å²) in [6, 6.07) is 63.2. The third-order valence-electron chi connectivity index (χ3n) is 9.67. The second-order valence-corrected chi connectivity index (χ2v) is 13.6. The van der Waals surface area contributed by atoms with Gasteiger partial charge in [-0.25, -0.2) is 0 Å². The van der Waals surface area contributed by atoms with Gasteiger partial charge in [-0.3, -0.25) is 0 Å². The summed E-state index contributed by atoms with van der Waals surface area (Å²) < 4.78 is 9.30. The zero-order chi connectivity index (χ0) is 32.3. The Morgan fingerprint density at radius 3 is 2.04 bits per heavy atom. The molecule has 0 saturated heterocycles. The van der Waals surface area contributed by atoms with Crippen LogP contribution in [0.4, 0.5) is 17.1 Å². The molecule has 49 heavy (non-hydrogen) atoms. The van der Waals surface area contributed by atoms with Gasteiger partial charge in [-0.05, 0) is 76.7 Å². The average molecular weight is 644 g/mol. The summed E-state index contributed by atoms with van der Waals surface area (Å²) in [6.07, 6.45) is 0. The van der Waals surface area contributed by atoms with Crippen LogP contribution in [-0.2, 0) is 0 Å². The van der Waals surface area contributed by atoms with E-state index in [1.165, 1.54) is 42.2 Å². The lowest BCUT2D eigenvalue weighted by Gasteiger charge is -2.28. The molecule has 0 spiro atoms. The van der Waals surface area contributed by atoms with Gasteiger partial charge in [0.2, 0.25) is 0 Å². The summed E-state index contributed by atoms with van der Waals surface area (Å²) in [6.45, 7) is 0. The highest BCUT2D eigenvalue weighted by Gasteiger charge is 2.22. The molecule has 0 bridgehead atoms. The maximum absolute atomic E-state index is 6.65. The fraction of sp³-hybridized carbons (Fsp3) is 0. The van der Waals surface area contributed by atoms with Crippen LogP contribution >= 0.6 is 11.3 Å². The highest BCUT2D eigenvalue weighted by Crippen LogP contribution is 2.47. The molecule has 10 rings (SSSR count). The van der Waals surface area contributed by atoms with Gasteiger partial charge >= 0.3 is 0 Å². The van der Waals surface area contributed by atoms with Gasteiger partial charge in [-0.2, -0.15) is 0 Å². The highest BCUT2D eigenvalue weighted by molar-refractivity contribution is 7.25. The minimum absolute atomic E-state index is 0.874. The molecule has 0 saturated carbocycles. The van der Waals surface area contributed by atoms with Gasteiger partial charge < -0.3 is 9.32 Å². The minimum atomic E-state index is 0.874. The fourth-order valence-electron chi connectivity index (χ4n) is 7.37. The summed E-state index contributed by atoms with van der Waals surface area (Å²) >= 11 is 1.86. The molecule has 0 unspecified atom stereocenters. The van der Waals surface area contributed by atoms with E-state index in [1.54, 1.807) is 0 Å². The van der Waals surface area contributed by atoms with Crippen molar-refractivity contribution < 1.29 is 4.42 Å². The molecule has 8 aromatic carbocycles. The maximum Gasteiger partial charge on any atom is 0.143 e. The molecule has 0 fully saturated rings. The summed E-state index contributed by atoms with van der Waals surface area (Å²) in [5, 5.41) is 7.14. The number of para-hydroxylation sites is 1. The van der Waals surface area contributed by atoms with Crippen molar-refractivity contribution >= 4 is 81.3 Å². The van der Waals surface area contributed by atoms with E-state index in [1.807, 2.05) is 11.3 Å². The van der Waals surface area contributed by atoms with Crippen molar-refractivity contribution in [2.75, 3.05) is 4.90 Å².